The van der Waals surface area contributed by atoms with Crippen molar-refractivity contribution in [2.24, 2.45) is 0 Å². The molecule has 3 rings (SSSR count). The number of likely N-dealkylation sites (tertiary alicyclic amines) is 1. The third-order valence-corrected chi connectivity index (χ3v) is 5.69. The van der Waals surface area contributed by atoms with Gasteiger partial charge in [-0.05, 0) is 86.8 Å². The van der Waals surface area contributed by atoms with Gasteiger partial charge in [0.2, 0.25) is 0 Å². The number of aryl methyl sites for hydroxylation is 2. The molecular formula is C23H30N2O2. The maximum Gasteiger partial charge on any atom is 0.253 e. The van der Waals surface area contributed by atoms with Crippen molar-refractivity contribution in [3.05, 3.63) is 53.1 Å². The molecule has 1 N–H and O–H groups in total. The van der Waals surface area contributed by atoms with Gasteiger partial charge in [-0.2, -0.15) is 0 Å². The second-order valence-corrected chi connectivity index (χ2v) is 7.86. The summed E-state index contributed by atoms with van der Waals surface area (Å²) in [7, 11) is 4.05. The van der Waals surface area contributed by atoms with Crippen LogP contribution in [0.5, 0.6) is 5.75 Å². The van der Waals surface area contributed by atoms with Gasteiger partial charge in [-0.15, -0.1) is 0 Å². The van der Waals surface area contributed by atoms with Gasteiger partial charge in [0.1, 0.15) is 5.75 Å². The maximum atomic E-state index is 13.0. The van der Waals surface area contributed by atoms with Crippen LogP contribution in [0, 0.1) is 13.8 Å². The smallest absolute Gasteiger partial charge is 0.253 e. The number of carbonyl (C=O) groups excluding carboxylic acids is 1. The zero-order valence-corrected chi connectivity index (χ0v) is 16.8. The fourth-order valence-corrected chi connectivity index (χ4v) is 3.95. The van der Waals surface area contributed by atoms with Crippen LogP contribution in [0.25, 0.3) is 11.1 Å². The molecule has 1 atom stereocenters. The Bertz CT molecular complexity index is 808. The Morgan fingerprint density at radius 2 is 1.85 bits per heavy atom. The van der Waals surface area contributed by atoms with Crippen LogP contribution in [0.1, 0.15) is 40.7 Å². The summed E-state index contributed by atoms with van der Waals surface area (Å²) in [4.78, 5) is 17.2. The molecule has 144 valence electrons. The Hall–Kier alpha value is -2.33. The number of likely N-dealkylation sites (N-methyl/N-ethyl adjacent to an activating group) is 2. The summed E-state index contributed by atoms with van der Waals surface area (Å²) in [5.74, 6) is 0.394. The van der Waals surface area contributed by atoms with Gasteiger partial charge in [0.25, 0.3) is 5.91 Å². The van der Waals surface area contributed by atoms with Gasteiger partial charge in [0.15, 0.2) is 0 Å². The molecule has 2 aromatic rings. The zero-order chi connectivity index (χ0) is 19.6. The van der Waals surface area contributed by atoms with Gasteiger partial charge in [0.05, 0.1) is 0 Å². The number of piperidine rings is 1. The third-order valence-electron chi connectivity index (χ3n) is 5.69. The molecule has 1 amide bonds. The summed E-state index contributed by atoms with van der Waals surface area (Å²) in [6.07, 6.45) is 3.64. The van der Waals surface area contributed by atoms with Crippen molar-refractivity contribution in [2.75, 3.05) is 27.2 Å². The highest BCUT2D eigenvalue weighted by Crippen LogP contribution is 2.29. The van der Waals surface area contributed by atoms with Gasteiger partial charge >= 0.3 is 0 Å². The number of phenolic OH excluding ortho intramolecular Hbond substituents is 1. The molecule has 0 radical (unpaired) electrons. The SMILES string of the molecule is Cc1cc(-c2cccc(C(=O)N(C)CC3CCCCN3C)c2)cc(C)c1O. The van der Waals surface area contributed by atoms with E-state index < -0.39 is 0 Å². The Labute approximate surface area is 162 Å². The lowest BCUT2D eigenvalue weighted by molar-refractivity contribution is 0.0717. The quantitative estimate of drug-likeness (QED) is 0.880. The molecule has 1 heterocycles. The minimum atomic E-state index is 0.0584. The van der Waals surface area contributed by atoms with Gasteiger partial charge in [-0.25, -0.2) is 0 Å². The number of hydrogen-bond acceptors (Lipinski definition) is 3. The topological polar surface area (TPSA) is 43.8 Å². The van der Waals surface area contributed by atoms with Crippen molar-refractivity contribution in [1.29, 1.82) is 0 Å². The van der Waals surface area contributed by atoms with Crippen molar-refractivity contribution < 1.29 is 9.90 Å². The predicted octanol–water partition coefficient (Wildman–Crippen LogP) is 4.23. The maximum absolute atomic E-state index is 13.0. The first-order valence-corrected chi connectivity index (χ1v) is 9.73. The molecule has 4 nitrogen and oxygen atoms in total. The molecular weight excluding hydrogens is 336 g/mol. The average molecular weight is 367 g/mol. The molecule has 1 fully saturated rings. The van der Waals surface area contributed by atoms with Gasteiger partial charge in [0, 0.05) is 25.2 Å². The van der Waals surface area contributed by atoms with E-state index in [0.29, 0.717) is 17.4 Å². The number of benzene rings is 2. The van der Waals surface area contributed by atoms with Crippen LogP contribution in [0.3, 0.4) is 0 Å². The molecule has 0 aromatic heterocycles. The lowest BCUT2D eigenvalue weighted by atomic mass is 9.98. The summed E-state index contributed by atoms with van der Waals surface area (Å²) in [6.45, 7) is 5.67. The molecule has 0 bridgehead atoms. The van der Waals surface area contributed by atoms with E-state index in [1.807, 2.05) is 62.2 Å². The summed E-state index contributed by atoms with van der Waals surface area (Å²) in [5, 5.41) is 10.0. The first-order valence-electron chi connectivity index (χ1n) is 9.73. The van der Waals surface area contributed by atoms with E-state index in [0.717, 1.165) is 41.8 Å². The van der Waals surface area contributed by atoms with Crippen molar-refractivity contribution in [3.8, 4) is 16.9 Å². The summed E-state index contributed by atoms with van der Waals surface area (Å²) in [5.41, 5.74) is 4.41. The summed E-state index contributed by atoms with van der Waals surface area (Å²) >= 11 is 0. The zero-order valence-electron chi connectivity index (χ0n) is 16.8. The average Bonchev–Trinajstić information content (AvgIpc) is 2.67. The highest BCUT2D eigenvalue weighted by atomic mass is 16.3. The molecule has 1 unspecified atom stereocenters. The number of amides is 1. The predicted molar refractivity (Wildman–Crippen MR) is 110 cm³/mol. The van der Waals surface area contributed by atoms with E-state index in [1.54, 1.807) is 0 Å². The molecule has 1 saturated heterocycles. The lowest BCUT2D eigenvalue weighted by Crippen LogP contribution is -2.45. The summed E-state index contributed by atoms with van der Waals surface area (Å²) < 4.78 is 0. The fraction of sp³-hybridized carbons (Fsp3) is 0.435. The van der Waals surface area contributed by atoms with E-state index in [1.165, 1.54) is 12.8 Å². The van der Waals surface area contributed by atoms with Crippen LogP contribution < -0.4 is 0 Å². The Balaban J connectivity index is 1.79. The largest absolute Gasteiger partial charge is 0.507 e. The van der Waals surface area contributed by atoms with Crippen LogP contribution in [0.2, 0.25) is 0 Å². The number of carbonyl (C=O) groups is 1. The molecule has 1 aliphatic rings. The van der Waals surface area contributed by atoms with Crippen molar-refractivity contribution in [2.45, 2.75) is 39.2 Å². The van der Waals surface area contributed by atoms with Crippen LogP contribution in [-0.4, -0.2) is 54.0 Å². The second kappa shape index (κ2) is 8.13. The highest BCUT2D eigenvalue weighted by Gasteiger charge is 2.23. The van der Waals surface area contributed by atoms with E-state index in [9.17, 15) is 9.90 Å². The first-order chi connectivity index (χ1) is 12.9. The molecule has 27 heavy (non-hydrogen) atoms. The Kier molecular flexibility index (Phi) is 5.85. The van der Waals surface area contributed by atoms with Crippen molar-refractivity contribution >= 4 is 5.91 Å². The molecule has 0 spiro atoms. The third kappa shape index (κ3) is 4.33. The van der Waals surface area contributed by atoms with Crippen LogP contribution >= 0.6 is 0 Å². The minimum Gasteiger partial charge on any atom is -0.507 e. The van der Waals surface area contributed by atoms with Crippen LogP contribution in [-0.2, 0) is 0 Å². The van der Waals surface area contributed by atoms with E-state index in [2.05, 4.69) is 11.9 Å². The van der Waals surface area contributed by atoms with Crippen LogP contribution in [0.4, 0.5) is 0 Å². The monoisotopic (exact) mass is 366 g/mol. The van der Waals surface area contributed by atoms with Gasteiger partial charge < -0.3 is 14.9 Å². The molecule has 4 heteroatoms. The molecule has 1 aliphatic heterocycles. The fourth-order valence-electron chi connectivity index (χ4n) is 3.95. The first kappa shape index (κ1) is 19.4. The Morgan fingerprint density at radius 1 is 1.15 bits per heavy atom. The van der Waals surface area contributed by atoms with Crippen molar-refractivity contribution in [1.82, 2.24) is 9.80 Å². The number of rotatable bonds is 4. The number of aromatic hydroxyl groups is 1. The lowest BCUT2D eigenvalue weighted by Gasteiger charge is -2.35. The number of hydrogen-bond donors (Lipinski definition) is 1. The van der Waals surface area contributed by atoms with Gasteiger partial charge in [-0.3, -0.25) is 4.79 Å². The molecule has 2 aromatic carbocycles. The molecule has 0 saturated carbocycles. The van der Waals surface area contributed by atoms with E-state index in [4.69, 9.17) is 0 Å². The van der Waals surface area contributed by atoms with Crippen LogP contribution in [0.15, 0.2) is 36.4 Å². The van der Waals surface area contributed by atoms with E-state index >= 15 is 0 Å². The number of nitrogens with zero attached hydrogens (tertiary/aromatic N) is 2. The molecule has 0 aliphatic carbocycles. The second-order valence-electron chi connectivity index (χ2n) is 7.86. The Morgan fingerprint density at radius 3 is 2.52 bits per heavy atom. The normalized spacial score (nSPS) is 17.7. The number of phenols is 1. The summed E-state index contributed by atoms with van der Waals surface area (Å²) in [6, 6.07) is 12.1. The van der Waals surface area contributed by atoms with Crippen molar-refractivity contribution in [3.63, 3.8) is 0 Å². The standard InChI is InChI=1S/C23H30N2O2/c1-16-12-20(13-17(2)22(16)26)18-8-7-9-19(14-18)23(27)25(4)15-21-10-5-6-11-24(21)3/h7-9,12-14,21,26H,5-6,10-11,15H2,1-4H3. The van der Waals surface area contributed by atoms with E-state index in [-0.39, 0.29) is 5.91 Å². The highest BCUT2D eigenvalue weighted by molar-refractivity contribution is 5.95. The minimum absolute atomic E-state index is 0.0584. The van der Waals surface area contributed by atoms with Gasteiger partial charge in [-0.1, -0.05) is 18.6 Å².